The first kappa shape index (κ1) is 21.4. The van der Waals surface area contributed by atoms with Crippen LogP contribution in [0, 0.1) is 0 Å². The van der Waals surface area contributed by atoms with E-state index in [4.69, 9.17) is 17.0 Å². The molecule has 0 aliphatic heterocycles. The van der Waals surface area contributed by atoms with Crippen molar-refractivity contribution in [1.82, 2.24) is 10.7 Å². The van der Waals surface area contributed by atoms with Gasteiger partial charge in [-0.25, -0.2) is 4.79 Å². The fourth-order valence-corrected chi connectivity index (χ4v) is 2.41. The lowest BCUT2D eigenvalue weighted by molar-refractivity contribution is 0.0600. The molecule has 6 nitrogen and oxygen atoms in total. The Kier molecular flexibility index (Phi) is 8.94. The van der Waals surface area contributed by atoms with Gasteiger partial charge in [-0.15, -0.1) is 0 Å². The molecule has 0 saturated heterocycles. The molecule has 0 radical (unpaired) electrons. The van der Waals surface area contributed by atoms with Crippen LogP contribution in [0.25, 0.3) is 0 Å². The van der Waals surface area contributed by atoms with Crippen LogP contribution >= 0.6 is 12.2 Å². The van der Waals surface area contributed by atoms with E-state index >= 15 is 0 Å². The zero-order valence-corrected chi connectivity index (χ0v) is 16.9. The first-order valence-electron chi connectivity index (χ1n) is 9.09. The van der Waals surface area contributed by atoms with Gasteiger partial charge < -0.3 is 14.8 Å². The summed E-state index contributed by atoms with van der Waals surface area (Å²) in [6.45, 7) is 3.38. The minimum atomic E-state index is -0.350. The number of esters is 1. The molecule has 148 valence electrons. The van der Waals surface area contributed by atoms with Gasteiger partial charge in [0.1, 0.15) is 12.4 Å². The van der Waals surface area contributed by atoms with Gasteiger partial charge in [0.25, 0.3) is 0 Å². The van der Waals surface area contributed by atoms with Crippen LogP contribution in [0.5, 0.6) is 5.75 Å². The molecule has 0 saturated carbocycles. The average molecular weight is 400 g/mol. The number of carbonyl (C=O) groups excluding carboxylic acids is 1. The van der Waals surface area contributed by atoms with Crippen molar-refractivity contribution < 1.29 is 14.3 Å². The second-order valence-corrected chi connectivity index (χ2v) is 6.43. The maximum Gasteiger partial charge on any atom is 0.337 e. The van der Waals surface area contributed by atoms with Crippen molar-refractivity contribution >= 4 is 29.5 Å². The van der Waals surface area contributed by atoms with Crippen LogP contribution in [0.2, 0.25) is 0 Å². The summed E-state index contributed by atoms with van der Waals surface area (Å²) in [4.78, 5) is 11.4. The molecule has 0 unspecified atom stereocenters. The van der Waals surface area contributed by atoms with E-state index in [2.05, 4.69) is 27.5 Å². The fourth-order valence-electron chi connectivity index (χ4n) is 2.26. The molecular formula is C21H25N3O3S. The molecule has 28 heavy (non-hydrogen) atoms. The van der Waals surface area contributed by atoms with Crippen LogP contribution in [-0.2, 0) is 11.3 Å². The van der Waals surface area contributed by atoms with Gasteiger partial charge in [-0.3, -0.25) is 5.43 Å². The summed E-state index contributed by atoms with van der Waals surface area (Å²) in [6.07, 6.45) is 3.89. The number of hydrogen-bond donors (Lipinski definition) is 2. The highest BCUT2D eigenvalue weighted by Gasteiger charge is 2.04. The number of carbonyl (C=O) groups is 1. The van der Waals surface area contributed by atoms with Crippen LogP contribution < -0.4 is 15.5 Å². The quantitative estimate of drug-likeness (QED) is 0.220. The number of methoxy groups -OCH3 is 1. The molecule has 2 aromatic rings. The summed E-state index contributed by atoms with van der Waals surface area (Å²) in [5.41, 5.74) is 5.20. The highest BCUT2D eigenvalue weighted by molar-refractivity contribution is 7.80. The van der Waals surface area contributed by atoms with E-state index in [1.54, 1.807) is 18.3 Å². The van der Waals surface area contributed by atoms with E-state index in [0.29, 0.717) is 17.3 Å². The van der Waals surface area contributed by atoms with Crippen molar-refractivity contribution in [2.45, 2.75) is 26.4 Å². The van der Waals surface area contributed by atoms with Crippen molar-refractivity contribution in [3.63, 3.8) is 0 Å². The van der Waals surface area contributed by atoms with Crippen LogP contribution in [0.1, 0.15) is 41.3 Å². The summed E-state index contributed by atoms with van der Waals surface area (Å²) >= 11 is 5.13. The second kappa shape index (κ2) is 11.7. The number of rotatable bonds is 9. The average Bonchev–Trinajstić information content (AvgIpc) is 2.73. The molecule has 0 amide bonds. The molecule has 0 heterocycles. The van der Waals surface area contributed by atoms with E-state index in [9.17, 15) is 4.79 Å². The number of hydrogen-bond acceptors (Lipinski definition) is 5. The van der Waals surface area contributed by atoms with Crippen LogP contribution in [0.3, 0.4) is 0 Å². The van der Waals surface area contributed by atoms with Gasteiger partial charge in [0.15, 0.2) is 5.11 Å². The summed E-state index contributed by atoms with van der Waals surface area (Å²) in [7, 11) is 1.36. The summed E-state index contributed by atoms with van der Waals surface area (Å²) < 4.78 is 10.4. The van der Waals surface area contributed by atoms with Gasteiger partial charge >= 0.3 is 5.97 Å². The Morgan fingerprint density at radius 3 is 2.50 bits per heavy atom. The third-order valence-corrected chi connectivity index (χ3v) is 4.09. The number of ether oxygens (including phenoxy) is 2. The van der Waals surface area contributed by atoms with Crippen molar-refractivity contribution in [3.8, 4) is 5.75 Å². The summed E-state index contributed by atoms with van der Waals surface area (Å²) in [5.74, 6) is 0.399. The molecule has 0 spiro atoms. The zero-order chi connectivity index (χ0) is 20.2. The molecule has 0 atom stereocenters. The Morgan fingerprint density at radius 2 is 1.86 bits per heavy atom. The number of unbranched alkanes of at least 4 members (excludes halogenated alkanes) is 1. The van der Waals surface area contributed by atoms with Gasteiger partial charge in [-0.2, -0.15) is 5.10 Å². The van der Waals surface area contributed by atoms with E-state index in [-0.39, 0.29) is 5.97 Å². The van der Waals surface area contributed by atoms with Gasteiger partial charge in [-0.1, -0.05) is 25.5 Å². The third kappa shape index (κ3) is 7.36. The Hall–Kier alpha value is -2.93. The van der Waals surface area contributed by atoms with Crippen molar-refractivity contribution in [1.29, 1.82) is 0 Å². The minimum absolute atomic E-state index is 0.350. The SMILES string of the molecule is CCCCNC(=S)N/N=C\c1ccc(OCc2ccc(C(=O)OC)cc2)cc1. The standard InChI is InChI=1S/C21H25N3O3S/c1-3-4-13-22-21(28)24-23-14-16-7-11-19(12-8-16)27-15-17-5-9-18(10-6-17)20(25)26-2/h5-12,14H,3-4,13,15H2,1-2H3,(H2,22,24,28)/b23-14-. The molecule has 0 aliphatic carbocycles. The first-order chi connectivity index (χ1) is 13.6. The number of nitrogens with zero attached hydrogens (tertiary/aromatic N) is 1. The molecule has 0 aliphatic rings. The van der Waals surface area contributed by atoms with Crippen molar-refractivity contribution in [3.05, 3.63) is 65.2 Å². The lowest BCUT2D eigenvalue weighted by Crippen LogP contribution is -2.32. The molecule has 0 aromatic heterocycles. The maximum absolute atomic E-state index is 11.4. The fraction of sp³-hybridized carbons (Fsp3) is 0.286. The molecular weight excluding hydrogens is 374 g/mol. The lowest BCUT2D eigenvalue weighted by atomic mass is 10.1. The minimum Gasteiger partial charge on any atom is -0.489 e. The second-order valence-electron chi connectivity index (χ2n) is 6.03. The van der Waals surface area contributed by atoms with Gasteiger partial charge in [-0.05, 0) is 66.2 Å². The van der Waals surface area contributed by atoms with Crippen molar-refractivity contribution in [2.75, 3.05) is 13.7 Å². The number of hydrazone groups is 1. The summed E-state index contributed by atoms with van der Waals surface area (Å²) in [5, 5.41) is 7.72. The molecule has 0 bridgehead atoms. The van der Waals surface area contributed by atoms with E-state index in [1.165, 1.54) is 7.11 Å². The zero-order valence-electron chi connectivity index (χ0n) is 16.1. The molecule has 0 fully saturated rings. The van der Waals surface area contributed by atoms with E-state index in [1.807, 2.05) is 36.4 Å². The molecule has 2 aromatic carbocycles. The number of benzene rings is 2. The van der Waals surface area contributed by atoms with E-state index in [0.717, 1.165) is 36.3 Å². The highest BCUT2D eigenvalue weighted by atomic mass is 32.1. The maximum atomic E-state index is 11.4. The Morgan fingerprint density at radius 1 is 1.14 bits per heavy atom. The largest absolute Gasteiger partial charge is 0.489 e. The monoisotopic (exact) mass is 399 g/mol. The highest BCUT2D eigenvalue weighted by Crippen LogP contribution is 2.14. The number of thiocarbonyl (C=S) groups is 1. The third-order valence-electron chi connectivity index (χ3n) is 3.86. The van der Waals surface area contributed by atoms with Crippen LogP contribution in [-0.4, -0.2) is 31.0 Å². The Labute approximate surface area is 170 Å². The predicted octanol–water partition coefficient (Wildman–Crippen LogP) is 3.65. The summed E-state index contributed by atoms with van der Waals surface area (Å²) in [6, 6.07) is 14.7. The van der Waals surface area contributed by atoms with Gasteiger partial charge in [0.2, 0.25) is 0 Å². The Balaban J connectivity index is 1.78. The molecule has 7 heteroatoms. The first-order valence-corrected chi connectivity index (χ1v) is 9.50. The number of nitrogens with one attached hydrogen (secondary N) is 2. The van der Waals surface area contributed by atoms with Gasteiger partial charge in [0.05, 0.1) is 18.9 Å². The molecule has 2 N–H and O–H groups in total. The smallest absolute Gasteiger partial charge is 0.337 e. The van der Waals surface area contributed by atoms with Crippen LogP contribution in [0.15, 0.2) is 53.6 Å². The predicted molar refractivity (Wildman–Crippen MR) is 115 cm³/mol. The molecule has 2 rings (SSSR count). The Bertz CT molecular complexity index is 790. The van der Waals surface area contributed by atoms with Crippen LogP contribution in [0.4, 0.5) is 0 Å². The topological polar surface area (TPSA) is 72.0 Å². The van der Waals surface area contributed by atoms with Gasteiger partial charge in [0, 0.05) is 6.54 Å². The lowest BCUT2D eigenvalue weighted by Gasteiger charge is -2.07. The van der Waals surface area contributed by atoms with Crippen molar-refractivity contribution in [2.24, 2.45) is 5.10 Å². The van der Waals surface area contributed by atoms with E-state index < -0.39 is 0 Å². The normalized spacial score (nSPS) is 10.5.